The number of nitrogens with one attached hydrogen (secondary N) is 1. The minimum Gasteiger partial charge on any atom is -0.355 e. The summed E-state index contributed by atoms with van der Waals surface area (Å²) in [5.74, 6) is -0.641. The van der Waals surface area contributed by atoms with E-state index >= 15 is 0 Å². The van der Waals surface area contributed by atoms with Crippen molar-refractivity contribution in [3.8, 4) is 0 Å². The Morgan fingerprint density at radius 2 is 1.87 bits per heavy atom. The Morgan fingerprint density at radius 3 is 2.57 bits per heavy atom. The summed E-state index contributed by atoms with van der Waals surface area (Å²) in [6, 6.07) is 8.54. The summed E-state index contributed by atoms with van der Waals surface area (Å²) in [5.41, 5.74) is 0.660. The first-order valence-corrected chi connectivity index (χ1v) is 8.07. The first kappa shape index (κ1) is 17.0. The van der Waals surface area contributed by atoms with Crippen LogP contribution >= 0.6 is 0 Å². The summed E-state index contributed by atoms with van der Waals surface area (Å²) < 4.78 is 0. The summed E-state index contributed by atoms with van der Waals surface area (Å²) in [5, 5.41) is 2.76. The highest BCUT2D eigenvalue weighted by atomic mass is 16.2. The topological polar surface area (TPSA) is 69.7 Å². The van der Waals surface area contributed by atoms with Gasteiger partial charge < -0.3 is 5.32 Å². The number of anilines is 1. The second-order valence-electron chi connectivity index (χ2n) is 5.59. The Kier molecular flexibility index (Phi) is 6.14. The highest BCUT2D eigenvalue weighted by Gasteiger charge is 2.37. The number of carbonyl (C=O) groups is 3. The van der Waals surface area contributed by atoms with E-state index in [0.29, 0.717) is 12.2 Å². The van der Waals surface area contributed by atoms with Crippen LogP contribution in [0.25, 0.3) is 0 Å². The first-order valence-electron chi connectivity index (χ1n) is 8.07. The number of hydrogen-bond donors (Lipinski definition) is 1. The lowest BCUT2D eigenvalue weighted by molar-refractivity contribution is -0.130. The fourth-order valence-electron chi connectivity index (χ4n) is 2.49. The Bertz CT molecular complexity index is 559. The molecule has 1 aromatic rings. The van der Waals surface area contributed by atoms with Crippen LogP contribution in [0.15, 0.2) is 30.3 Å². The highest BCUT2D eigenvalue weighted by molar-refractivity contribution is 6.13. The number of benzene rings is 1. The number of para-hydroxylation sites is 1. The fraction of sp³-hybridized carbons (Fsp3) is 0.471. The normalized spacial score (nSPS) is 14.5. The van der Waals surface area contributed by atoms with Gasteiger partial charge >= 0.3 is 6.03 Å². The predicted molar refractivity (Wildman–Crippen MR) is 88.0 cm³/mol. The molecule has 2 rings (SSSR count). The second-order valence-corrected chi connectivity index (χ2v) is 5.59. The van der Waals surface area contributed by atoms with Crippen LogP contribution in [0, 0.1) is 0 Å². The molecule has 23 heavy (non-hydrogen) atoms. The Balaban J connectivity index is 1.84. The molecular weight excluding hydrogens is 294 g/mol. The van der Waals surface area contributed by atoms with Gasteiger partial charge in [-0.2, -0.15) is 0 Å². The molecule has 1 saturated heterocycles. The van der Waals surface area contributed by atoms with Gasteiger partial charge in [-0.15, -0.1) is 0 Å². The zero-order valence-corrected chi connectivity index (χ0v) is 13.5. The monoisotopic (exact) mass is 317 g/mol. The number of imide groups is 1. The number of urea groups is 1. The van der Waals surface area contributed by atoms with Gasteiger partial charge in [0.25, 0.3) is 5.91 Å². The van der Waals surface area contributed by atoms with Crippen molar-refractivity contribution in [2.24, 2.45) is 0 Å². The molecule has 124 valence electrons. The Morgan fingerprint density at radius 1 is 1.13 bits per heavy atom. The molecule has 1 fully saturated rings. The zero-order valence-electron chi connectivity index (χ0n) is 13.5. The van der Waals surface area contributed by atoms with Gasteiger partial charge in [0.2, 0.25) is 5.91 Å². The second kappa shape index (κ2) is 8.31. The lowest BCUT2D eigenvalue weighted by Crippen LogP contribution is -2.41. The van der Waals surface area contributed by atoms with Crippen LogP contribution in [-0.2, 0) is 9.59 Å². The van der Waals surface area contributed by atoms with Gasteiger partial charge in [-0.05, 0) is 18.6 Å². The van der Waals surface area contributed by atoms with Gasteiger partial charge in [0.05, 0.1) is 0 Å². The Labute approximate surface area is 136 Å². The number of carbonyl (C=O) groups excluding carboxylic acids is 3. The third kappa shape index (κ3) is 4.55. The molecule has 4 amide bonds. The van der Waals surface area contributed by atoms with Crippen molar-refractivity contribution in [1.82, 2.24) is 10.2 Å². The fourth-order valence-corrected chi connectivity index (χ4v) is 2.49. The first-order chi connectivity index (χ1) is 11.1. The van der Waals surface area contributed by atoms with Crippen LogP contribution in [0.2, 0.25) is 0 Å². The van der Waals surface area contributed by atoms with Crippen molar-refractivity contribution in [2.75, 3.05) is 24.5 Å². The van der Waals surface area contributed by atoms with Crippen LogP contribution in [-0.4, -0.2) is 42.4 Å². The van der Waals surface area contributed by atoms with Crippen LogP contribution in [0.1, 0.15) is 32.6 Å². The standard InChI is InChI=1S/C17H23N3O3/c1-2-3-4-8-11-18-15(21)12-20-16(22)13-19(17(20)23)14-9-6-5-7-10-14/h5-7,9-10H,2-4,8,11-13H2,1H3,(H,18,21). The maximum Gasteiger partial charge on any atom is 0.332 e. The van der Waals surface area contributed by atoms with E-state index in [2.05, 4.69) is 12.2 Å². The third-order valence-electron chi connectivity index (χ3n) is 3.78. The van der Waals surface area contributed by atoms with E-state index in [1.165, 1.54) is 4.90 Å². The van der Waals surface area contributed by atoms with E-state index in [-0.39, 0.29) is 24.9 Å². The quantitative estimate of drug-likeness (QED) is 0.590. The molecule has 0 atom stereocenters. The maximum absolute atomic E-state index is 12.3. The van der Waals surface area contributed by atoms with E-state index in [1.54, 1.807) is 24.3 Å². The Hall–Kier alpha value is -2.37. The minimum atomic E-state index is -0.442. The molecule has 6 heteroatoms. The molecule has 0 radical (unpaired) electrons. The van der Waals surface area contributed by atoms with Crippen LogP contribution in [0.5, 0.6) is 0 Å². The van der Waals surface area contributed by atoms with Gasteiger partial charge in [0.15, 0.2) is 0 Å². The van der Waals surface area contributed by atoms with Crippen molar-refractivity contribution < 1.29 is 14.4 Å². The number of unbranched alkanes of at least 4 members (excludes halogenated alkanes) is 3. The number of hydrogen-bond acceptors (Lipinski definition) is 3. The molecule has 0 spiro atoms. The number of nitrogens with zero attached hydrogens (tertiary/aromatic N) is 2. The number of rotatable bonds is 8. The smallest absolute Gasteiger partial charge is 0.332 e. The molecule has 1 aliphatic heterocycles. The van der Waals surface area contributed by atoms with Gasteiger partial charge in [0, 0.05) is 12.2 Å². The predicted octanol–water partition coefficient (Wildman–Crippen LogP) is 2.15. The lowest BCUT2D eigenvalue weighted by Gasteiger charge is -2.16. The van der Waals surface area contributed by atoms with Gasteiger partial charge in [-0.25, -0.2) is 4.79 Å². The summed E-state index contributed by atoms with van der Waals surface area (Å²) in [4.78, 5) is 38.6. The van der Waals surface area contributed by atoms with Crippen LogP contribution in [0.3, 0.4) is 0 Å². The van der Waals surface area contributed by atoms with Crippen molar-refractivity contribution in [2.45, 2.75) is 32.6 Å². The molecule has 0 saturated carbocycles. The van der Waals surface area contributed by atoms with Gasteiger partial charge in [0.1, 0.15) is 13.1 Å². The number of amides is 4. The summed E-state index contributed by atoms with van der Waals surface area (Å²) in [6.07, 6.45) is 4.27. The molecular formula is C17H23N3O3. The van der Waals surface area contributed by atoms with Gasteiger partial charge in [-0.3, -0.25) is 19.4 Å². The molecule has 0 bridgehead atoms. The molecule has 1 heterocycles. The van der Waals surface area contributed by atoms with Crippen molar-refractivity contribution in [3.63, 3.8) is 0 Å². The molecule has 6 nitrogen and oxygen atoms in total. The molecule has 1 aliphatic rings. The average molecular weight is 317 g/mol. The van der Waals surface area contributed by atoms with E-state index in [1.807, 2.05) is 6.07 Å². The van der Waals surface area contributed by atoms with Crippen molar-refractivity contribution in [1.29, 1.82) is 0 Å². The SMILES string of the molecule is CCCCCCNC(=O)CN1C(=O)CN(c2ccccc2)C1=O. The summed E-state index contributed by atoms with van der Waals surface area (Å²) >= 11 is 0. The molecule has 0 aromatic heterocycles. The highest BCUT2D eigenvalue weighted by Crippen LogP contribution is 2.20. The van der Waals surface area contributed by atoms with E-state index in [4.69, 9.17) is 0 Å². The average Bonchev–Trinajstić information content (AvgIpc) is 2.83. The van der Waals surface area contributed by atoms with Crippen molar-refractivity contribution >= 4 is 23.5 Å². The summed E-state index contributed by atoms with van der Waals surface area (Å²) in [6.45, 7) is 2.47. The molecule has 1 aromatic carbocycles. The molecule has 1 N–H and O–H groups in total. The maximum atomic E-state index is 12.3. The lowest BCUT2D eigenvalue weighted by atomic mass is 10.2. The van der Waals surface area contributed by atoms with E-state index in [9.17, 15) is 14.4 Å². The molecule has 0 aliphatic carbocycles. The molecule has 0 unspecified atom stereocenters. The minimum absolute atomic E-state index is 0.0212. The van der Waals surface area contributed by atoms with E-state index in [0.717, 1.165) is 30.6 Å². The van der Waals surface area contributed by atoms with Crippen molar-refractivity contribution in [3.05, 3.63) is 30.3 Å². The van der Waals surface area contributed by atoms with Crippen LogP contribution in [0.4, 0.5) is 10.5 Å². The van der Waals surface area contributed by atoms with Crippen LogP contribution < -0.4 is 10.2 Å². The zero-order chi connectivity index (χ0) is 16.7. The van der Waals surface area contributed by atoms with Gasteiger partial charge in [-0.1, -0.05) is 44.4 Å². The third-order valence-corrected chi connectivity index (χ3v) is 3.78. The summed E-state index contributed by atoms with van der Waals surface area (Å²) in [7, 11) is 0. The van der Waals surface area contributed by atoms with E-state index < -0.39 is 6.03 Å². The largest absolute Gasteiger partial charge is 0.355 e.